The number of nitrogens with one attached hydrogen (secondary N) is 1. The molecule has 0 unspecified atom stereocenters. The molecule has 0 atom stereocenters. The lowest BCUT2D eigenvalue weighted by molar-refractivity contribution is -0.130. The monoisotopic (exact) mass is 213 g/mol. The van der Waals surface area contributed by atoms with Crippen molar-refractivity contribution in [2.45, 2.75) is 38.6 Å². The van der Waals surface area contributed by atoms with Crippen LogP contribution in [0, 0.1) is 0 Å². The van der Waals surface area contributed by atoms with Gasteiger partial charge < -0.3 is 11.1 Å². The first-order valence-electron chi connectivity index (χ1n) is 5.33. The predicted octanol–water partition coefficient (Wildman–Crippen LogP) is 0.446. The number of nitrogens with two attached hydrogens (primary N) is 1. The van der Waals surface area contributed by atoms with E-state index < -0.39 is 5.54 Å². The van der Waals surface area contributed by atoms with Crippen LogP contribution in [0.3, 0.4) is 0 Å². The van der Waals surface area contributed by atoms with Gasteiger partial charge in [-0.05, 0) is 33.2 Å². The summed E-state index contributed by atoms with van der Waals surface area (Å²) in [6.07, 6.45) is 2.72. The molecule has 0 aromatic rings. The van der Waals surface area contributed by atoms with Gasteiger partial charge in [-0.15, -0.1) is 0 Å². The van der Waals surface area contributed by atoms with Crippen LogP contribution in [0.15, 0.2) is 0 Å². The number of amides is 3. The fourth-order valence-corrected chi connectivity index (χ4v) is 1.61. The predicted molar refractivity (Wildman–Crippen MR) is 57.2 cm³/mol. The number of urea groups is 1. The van der Waals surface area contributed by atoms with E-state index in [1.54, 1.807) is 13.8 Å². The Balaban J connectivity index is 2.42. The number of rotatable bonds is 5. The summed E-state index contributed by atoms with van der Waals surface area (Å²) in [6.45, 7) is 4.58. The van der Waals surface area contributed by atoms with E-state index in [0.717, 1.165) is 19.3 Å². The fourth-order valence-electron chi connectivity index (χ4n) is 1.61. The molecule has 3 amide bonds. The van der Waals surface area contributed by atoms with Crippen LogP contribution in [0.4, 0.5) is 4.79 Å². The second-order valence-electron chi connectivity index (χ2n) is 4.36. The van der Waals surface area contributed by atoms with E-state index >= 15 is 0 Å². The van der Waals surface area contributed by atoms with Crippen LogP contribution in [0.5, 0.6) is 0 Å². The molecule has 15 heavy (non-hydrogen) atoms. The molecule has 5 heteroatoms. The Morgan fingerprint density at radius 1 is 1.27 bits per heavy atom. The minimum absolute atomic E-state index is 0.139. The zero-order chi connectivity index (χ0) is 11.5. The first kappa shape index (κ1) is 12.0. The van der Waals surface area contributed by atoms with Gasteiger partial charge in [-0.3, -0.25) is 9.69 Å². The van der Waals surface area contributed by atoms with Crippen LogP contribution in [0.25, 0.3) is 0 Å². The highest BCUT2D eigenvalue weighted by Gasteiger charge is 2.43. The van der Waals surface area contributed by atoms with Gasteiger partial charge in [0.1, 0.15) is 5.54 Å². The van der Waals surface area contributed by atoms with Crippen LogP contribution in [0.2, 0.25) is 0 Å². The molecule has 1 rings (SSSR count). The lowest BCUT2D eigenvalue weighted by atomic mass is 10.1. The van der Waals surface area contributed by atoms with Crippen molar-refractivity contribution >= 4 is 11.9 Å². The molecule has 1 fully saturated rings. The summed E-state index contributed by atoms with van der Waals surface area (Å²) in [6, 6.07) is -0.280. The van der Waals surface area contributed by atoms with Crippen molar-refractivity contribution in [3.05, 3.63) is 0 Å². The third-order valence-electron chi connectivity index (χ3n) is 2.53. The van der Waals surface area contributed by atoms with Gasteiger partial charge in [0.15, 0.2) is 0 Å². The third-order valence-corrected chi connectivity index (χ3v) is 2.53. The topological polar surface area (TPSA) is 75.4 Å². The van der Waals surface area contributed by atoms with E-state index in [9.17, 15) is 9.59 Å². The Morgan fingerprint density at radius 2 is 1.93 bits per heavy atom. The summed E-state index contributed by atoms with van der Waals surface area (Å²) >= 11 is 0. The van der Waals surface area contributed by atoms with E-state index in [4.69, 9.17) is 5.73 Å². The highest BCUT2D eigenvalue weighted by atomic mass is 16.2. The maximum absolute atomic E-state index is 11.7. The Labute approximate surface area is 90.0 Å². The number of unbranched alkanes of at least 4 members (excludes halogenated alkanes) is 2. The zero-order valence-corrected chi connectivity index (χ0v) is 9.38. The van der Waals surface area contributed by atoms with Gasteiger partial charge in [-0.25, -0.2) is 4.79 Å². The Kier molecular flexibility index (Phi) is 3.68. The average molecular weight is 213 g/mol. The highest BCUT2D eigenvalue weighted by molar-refractivity contribution is 6.06. The van der Waals surface area contributed by atoms with E-state index in [0.29, 0.717) is 13.1 Å². The van der Waals surface area contributed by atoms with Crippen molar-refractivity contribution in [2.24, 2.45) is 5.73 Å². The second-order valence-corrected chi connectivity index (χ2v) is 4.36. The molecular weight excluding hydrogens is 194 g/mol. The normalized spacial score (nSPS) is 19.5. The molecule has 3 N–H and O–H groups in total. The largest absolute Gasteiger partial charge is 0.330 e. The minimum Gasteiger partial charge on any atom is -0.330 e. The molecule has 1 aliphatic rings. The third kappa shape index (κ3) is 2.68. The average Bonchev–Trinajstić information content (AvgIpc) is 2.33. The molecule has 0 aromatic carbocycles. The van der Waals surface area contributed by atoms with Crippen LogP contribution in [-0.2, 0) is 4.79 Å². The molecule has 86 valence electrons. The molecule has 1 aliphatic heterocycles. The zero-order valence-electron chi connectivity index (χ0n) is 9.38. The molecule has 5 nitrogen and oxygen atoms in total. The number of hydrogen-bond donors (Lipinski definition) is 2. The smallest absolute Gasteiger partial charge is 0.325 e. The first-order valence-corrected chi connectivity index (χ1v) is 5.33. The Hall–Kier alpha value is -1.10. The van der Waals surface area contributed by atoms with Crippen LogP contribution in [0.1, 0.15) is 33.1 Å². The number of carbonyl (C=O) groups is 2. The number of nitrogens with zero attached hydrogens (tertiary/aromatic N) is 1. The molecule has 0 aromatic heterocycles. The Bertz CT molecular complexity index is 263. The lowest BCUT2D eigenvalue weighted by Gasteiger charge is -2.15. The summed E-state index contributed by atoms with van der Waals surface area (Å²) < 4.78 is 0. The van der Waals surface area contributed by atoms with Gasteiger partial charge in [0, 0.05) is 6.54 Å². The molecule has 0 spiro atoms. The van der Waals surface area contributed by atoms with Crippen molar-refractivity contribution in [1.29, 1.82) is 0 Å². The maximum atomic E-state index is 11.7. The van der Waals surface area contributed by atoms with Crippen molar-refractivity contribution in [3.63, 3.8) is 0 Å². The van der Waals surface area contributed by atoms with Crippen molar-refractivity contribution in [2.75, 3.05) is 13.1 Å². The number of carbonyl (C=O) groups excluding carboxylic acids is 2. The molecule has 1 saturated heterocycles. The quantitative estimate of drug-likeness (QED) is 0.514. The molecule has 1 heterocycles. The number of hydrogen-bond acceptors (Lipinski definition) is 3. The van der Waals surface area contributed by atoms with Crippen LogP contribution < -0.4 is 11.1 Å². The summed E-state index contributed by atoms with van der Waals surface area (Å²) in [5, 5.41) is 2.65. The summed E-state index contributed by atoms with van der Waals surface area (Å²) in [5.41, 5.74) is 4.62. The SMILES string of the molecule is CC1(C)NC(=O)N(CCCCCN)C1=O. The maximum Gasteiger partial charge on any atom is 0.325 e. The van der Waals surface area contributed by atoms with Gasteiger partial charge in [0.2, 0.25) is 0 Å². The summed E-state index contributed by atoms with van der Waals surface area (Å²) in [7, 11) is 0. The lowest BCUT2D eigenvalue weighted by Crippen LogP contribution is -2.40. The molecule has 0 bridgehead atoms. The van der Waals surface area contributed by atoms with Crippen LogP contribution >= 0.6 is 0 Å². The standard InChI is InChI=1S/C10H19N3O2/c1-10(2)8(14)13(9(15)12-10)7-5-3-4-6-11/h3-7,11H2,1-2H3,(H,12,15). The van der Waals surface area contributed by atoms with Crippen molar-refractivity contribution < 1.29 is 9.59 Å². The first-order chi connectivity index (χ1) is 6.99. The van der Waals surface area contributed by atoms with Crippen LogP contribution in [-0.4, -0.2) is 35.5 Å². The fraction of sp³-hybridized carbons (Fsp3) is 0.800. The van der Waals surface area contributed by atoms with E-state index in [1.165, 1.54) is 4.90 Å². The van der Waals surface area contributed by atoms with E-state index in [2.05, 4.69) is 5.32 Å². The molecular formula is C10H19N3O2. The highest BCUT2D eigenvalue weighted by Crippen LogP contribution is 2.16. The van der Waals surface area contributed by atoms with Gasteiger partial charge in [0.25, 0.3) is 5.91 Å². The van der Waals surface area contributed by atoms with Gasteiger partial charge >= 0.3 is 6.03 Å². The minimum atomic E-state index is -0.745. The van der Waals surface area contributed by atoms with E-state index in [-0.39, 0.29) is 11.9 Å². The summed E-state index contributed by atoms with van der Waals surface area (Å²) in [4.78, 5) is 24.4. The van der Waals surface area contributed by atoms with Crippen molar-refractivity contribution in [1.82, 2.24) is 10.2 Å². The van der Waals surface area contributed by atoms with Gasteiger partial charge in [-0.2, -0.15) is 0 Å². The number of imide groups is 1. The Morgan fingerprint density at radius 3 is 2.40 bits per heavy atom. The van der Waals surface area contributed by atoms with Gasteiger partial charge in [0.05, 0.1) is 0 Å². The second kappa shape index (κ2) is 4.61. The van der Waals surface area contributed by atoms with E-state index in [1.807, 2.05) is 0 Å². The molecule has 0 aliphatic carbocycles. The van der Waals surface area contributed by atoms with Crippen molar-refractivity contribution in [3.8, 4) is 0 Å². The molecule has 0 radical (unpaired) electrons. The van der Waals surface area contributed by atoms with Gasteiger partial charge in [-0.1, -0.05) is 6.42 Å². The molecule has 0 saturated carbocycles. The summed E-state index contributed by atoms with van der Waals surface area (Å²) in [5.74, 6) is -0.139.